The monoisotopic (exact) mass is 325 g/mol. The molecule has 0 aliphatic carbocycles. The van der Waals surface area contributed by atoms with E-state index < -0.39 is 0 Å². The molecule has 104 valence electrons. The quantitative estimate of drug-likeness (QED) is 0.869. The summed E-state index contributed by atoms with van der Waals surface area (Å²) in [7, 11) is 2.14. The van der Waals surface area contributed by atoms with Gasteiger partial charge in [0, 0.05) is 11.0 Å². The maximum absolute atomic E-state index is 11.8. The number of rotatable bonds is 5. The number of hydrogen-bond acceptors (Lipinski definition) is 3. The molecule has 0 bridgehead atoms. The minimum absolute atomic E-state index is 0.00162. The lowest BCUT2D eigenvalue weighted by molar-refractivity contribution is -0.115. The Labute approximate surface area is 122 Å². The van der Waals surface area contributed by atoms with Crippen LogP contribution in [0.2, 0.25) is 0 Å². The maximum atomic E-state index is 11.8. The molecule has 0 aromatic heterocycles. The predicted octanol–water partition coefficient (Wildman–Crippen LogP) is 1.93. The first kappa shape index (κ1) is 14.5. The molecule has 4 nitrogen and oxygen atoms in total. The number of nitrogens with one attached hydrogen (secondary N) is 2. The molecule has 1 fully saturated rings. The summed E-state index contributed by atoms with van der Waals surface area (Å²) < 4.78 is 0.903. The number of carbonyl (C=O) groups excluding carboxylic acids is 1. The number of benzene rings is 1. The third-order valence-electron chi connectivity index (χ3n) is 3.36. The fraction of sp³-hybridized carbons (Fsp3) is 0.500. The minimum atomic E-state index is -0.00162. The Hall–Kier alpha value is -0.910. The number of para-hydroxylation sites is 1. The number of likely N-dealkylation sites (tertiary alicyclic amines) is 1. The van der Waals surface area contributed by atoms with E-state index in [1.165, 1.54) is 6.42 Å². The number of carbonyl (C=O) groups is 1. The molecule has 0 radical (unpaired) electrons. The van der Waals surface area contributed by atoms with Crippen LogP contribution in [-0.2, 0) is 4.79 Å². The van der Waals surface area contributed by atoms with Crippen LogP contribution in [0.5, 0.6) is 0 Å². The SMILES string of the molecule is CN1CCC(CNCC(=O)Nc2ccccc2Br)C1. The van der Waals surface area contributed by atoms with Gasteiger partial charge in [0.1, 0.15) is 0 Å². The normalized spacial score (nSPS) is 19.6. The van der Waals surface area contributed by atoms with Gasteiger partial charge in [0.25, 0.3) is 0 Å². The van der Waals surface area contributed by atoms with E-state index in [4.69, 9.17) is 0 Å². The van der Waals surface area contributed by atoms with E-state index in [-0.39, 0.29) is 5.91 Å². The molecule has 0 saturated carbocycles. The van der Waals surface area contributed by atoms with Crippen molar-refractivity contribution >= 4 is 27.5 Å². The summed E-state index contributed by atoms with van der Waals surface area (Å²) in [6.07, 6.45) is 1.22. The lowest BCUT2D eigenvalue weighted by Crippen LogP contribution is -2.32. The van der Waals surface area contributed by atoms with Gasteiger partial charge in [-0.15, -0.1) is 0 Å². The second-order valence-electron chi connectivity index (χ2n) is 5.08. The van der Waals surface area contributed by atoms with Crippen molar-refractivity contribution in [1.82, 2.24) is 10.2 Å². The van der Waals surface area contributed by atoms with E-state index in [2.05, 4.69) is 38.5 Å². The van der Waals surface area contributed by atoms with Gasteiger partial charge >= 0.3 is 0 Å². The molecule has 1 unspecified atom stereocenters. The van der Waals surface area contributed by atoms with Crippen molar-refractivity contribution in [3.8, 4) is 0 Å². The Morgan fingerprint density at radius 1 is 1.47 bits per heavy atom. The minimum Gasteiger partial charge on any atom is -0.324 e. The first-order valence-electron chi connectivity index (χ1n) is 6.59. The van der Waals surface area contributed by atoms with E-state index in [1.807, 2.05) is 24.3 Å². The van der Waals surface area contributed by atoms with E-state index in [0.717, 1.165) is 29.8 Å². The van der Waals surface area contributed by atoms with Gasteiger partial charge in [-0.05, 0) is 60.5 Å². The fourth-order valence-corrected chi connectivity index (χ4v) is 2.72. The molecule has 1 saturated heterocycles. The van der Waals surface area contributed by atoms with Gasteiger partial charge in [-0.25, -0.2) is 0 Å². The molecule has 1 aliphatic rings. The average molecular weight is 326 g/mol. The summed E-state index contributed by atoms with van der Waals surface area (Å²) in [5, 5.41) is 6.12. The Bertz CT molecular complexity index is 438. The molecule has 2 N–H and O–H groups in total. The Balaban J connectivity index is 1.69. The van der Waals surface area contributed by atoms with Crippen molar-refractivity contribution in [2.24, 2.45) is 5.92 Å². The van der Waals surface area contributed by atoms with Gasteiger partial charge in [0.05, 0.1) is 12.2 Å². The molecule has 1 aromatic rings. The zero-order valence-corrected chi connectivity index (χ0v) is 12.7. The van der Waals surface area contributed by atoms with E-state index >= 15 is 0 Å². The summed E-state index contributed by atoms with van der Waals surface area (Å²) in [4.78, 5) is 14.1. The highest BCUT2D eigenvalue weighted by molar-refractivity contribution is 9.10. The second kappa shape index (κ2) is 7.03. The van der Waals surface area contributed by atoms with Crippen molar-refractivity contribution in [3.05, 3.63) is 28.7 Å². The zero-order chi connectivity index (χ0) is 13.7. The van der Waals surface area contributed by atoms with Gasteiger partial charge < -0.3 is 15.5 Å². The van der Waals surface area contributed by atoms with Gasteiger partial charge in [0.15, 0.2) is 0 Å². The van der Waals surface area contributed by atoms with Crippen LogP contribution in [0.1, 0.15) is 6.42 Å². The van der Waals surface area contributed by atoms with Crippen molar-refractivity contribution < 1.29 is 4.79 Å². The lowest BCUT2D eigenvalue weighted by atomic mass is 10.1. The van der Waals surface area contributed by atoms with Crippen molar-refractivity contribution in [1.29, 1.82) is 0 Å². The second-order valence-corrected chi connectivity index (χ2v) is 5.93. The highest BCUT2D eigenvalue weighted by atomic mass is 79.9. The predicted molar refractivity (Wildman–Crippen MR) is 81.2 cm³/mol. The van der Waals surface area contributed by atoms with Crippen LogP contribution in [0.3, 0.4) is 0 Å². The summed E-state index contributed by atoms with van der Waals surface area (Å²) in [6, 6.07) is 7.63. The molecule has 19 heavy (non-hydrogen) atoms. The number of nitrogens with zero attached hydrogens (tertiary/aromatic N) is 1. The van der Waals surface area contributed by atoms with Crippen LogP contribution in [0.25, 0.3) is 0 Å². The number of halogens is 1. The standard InChI is InChI=1S/C14H20BrN3O/c1-18-7-6-11(10-18)8-16-9-14(19)17-13-5-3-2-4-12(13)15/h2-5,11,16H,6-10H2,1H3,(H,17,19). The van der Waals surface area contributed by atoms with Crippen LogP contribution in [0.15, 0.2) is 28.7 Å². The largest absolute Gasteiger partial charge is 0.324 e. The summed E-state index contributed by atoms with van der Waals surface area (Å²) in [5.41, 5.74) is 0.815. The maximum Gasteiger partial charge on any atom is 0.238 e. The molecule has 1 amide bonds. The third-order valence-corrected chi connectivity index (χ3v) is 4.05. The van der Waals surface area contributed by atoms with Crippen molar-refractivity contribution in [2.45, 2.75) is 6.42 Å². The van der Waals surface area contributed by atoms with Gasteiger partial charge in [0.2, 0.25) is 5.91 Å². The van der Waals surface area contributed by atoms with Crippen LogP contribution in [-0.4, -0.2) is 44.0 Å². The van der Waals surface area contributed by atoms with Gasteiger partial charge in [-0.2, -0.15) is 0 Å². The highest BCUT2D eigenvalue weighted by Crippen LogP contribution is 2.20. The highest BCUT2D eigenvalue weighted by Gasteiger charge is 2.18. The summed E-state index contributed by atoms with van der Waals surface area (Å²) in [6.45, 7) is 3.56. The average Bonchev–Trinajstić information content (AvgIpc) is 2.78. The summed E-state index contributed by atoms with van der Waals surface area (Å²) in [5.74, 6) is 0.666. The lowest BCUT2D eigenvalue weighted by Gasteiger charge is -2.12. The number of hydrogen-bond donors (Lipinski definition) is 2. The van der Waals surface area contributed by atoms with Crippen LogP contribution >= 0.6 is 15.9 Å². The molecular formula is C14H20BrN3O. The van der Waals surface area contributed by atoms with E-state index in [0.29, 0.717) is 12.5 Å². The van der Waals surface area contributed by atoms with Crippen LogP contribution < -0.4 is 10.6 Å². The van der Waals surface area contributed by atoms with Gasteiger partial charge in [-0.1, -0.05) is 12.1 Å². The van der Waals surface area contributed by atoms with Crippen molar-refractivity contribution in [2.75, 3.05) is 38.5 Å². The number of amides is 1. The van der Waals surface area contributed by atoms with E-state index in [9.17, 15) is 4.79 Å². The molecule has 1 heterocycles. The first-order chi connectivity index (χ1) is 9.15. The molecule has 1 aromatic carbocycles. The molecule has 0 spiro atoms. The fourth-order valence-electron chi connectivity index (χ4n) is 2.34. The zero-order valence-electron chi connectivity index (χ0n) is 11.2. The Morgan fingerprint density at radius 3 is 2.95 bits per heavy atom. The molecule has 1 atom stereocenters. The molecule has 5 heteroatoms. The summed E-state index contributed by atoms with van der Waals surface area (Å²) >= 11 is 3.41. The third kappa shape index (κ3) is 4.60. The van der Waals surface area contributed by atoms with Crippen LogP contribution in [0, 0.1) is 5.92 Å². The Kier molecular flexibility index (Phi) is 5.36. The van der Waals surface area contributed by atoms with Crippen LogP contribution in [0.4, 0.5) is 5.69 Å². The first-order valence-corrected chi connectivity index (χ1v) is 7.38. The topological polar surface area (TPSA) is 44.4 Å². The van der Waals surface area contributed by atoms with Crippen molar-refractivity contribution in [3.63, 3.8) is 0 Å². The van der Waals surface area contributed by atoms with E-state index in [1.54, 1.807) is 0 Å². The molecule has 1 aliphatic heterocycles. The smallest absolute Gasteiger partial charge is 0.238 e. The Morgan fingerprint density at radius 2 is 2.26 bits per heavy atom. The molecule has 2 rings (SSSR count). The number of anilines is 1. The van der Waals surface area contributed by atoms with Gasteiger partial charge in [-0.3, -0.25) is 4.79 Å². The molecular weight excluding hydrogens is 306 g/mol.